The van der Waals surface area contributed by atoms with Crippen LogP contribution in [0.2, 0.25) is 0 Å². The third kappa shape index (κ3) is 3.01. The quantitative estimate of drug-likeness (QED) is 0.591. The molecule has 0 saturated heterocycles. The SMILES string of the molecule is CO[C@H]1OC(=O)[C@H](C)c2c(C3(C)CCC(C)(C)CC3)ccc(C=O)c21. The number of ether oxygens (including phenoxy) is 2. The minimum Gasteiger partial charge on any atom is -0.431 e. The Morgan fingerprint density at radius 3 is 2.32 bits per heavy atom. The summed E-state index contributed by atoms with van der Waals surface area (Å²) in [5.41, 5.74) is 3.76. The molecule has 136 valence electrons. The second-order valence-electron chi connectivity index (χ2n) is 8.60. The second-order valence-corrected chi connectivity index (χ2v) is 8.60. The Hall–Kier alpha value is -1.68. The van der Waals surface area contributed by atoms with E-state index in [1.165, 1.54) is 12.7 Å². The van der Waals surface area contributed by atoms with Gasteiger partial charge >= 0.3 is 5.97 Å². The molecule has 0 bridgehead atoms. The van der Waals surface area contributed by atoms with Crippen molar-refractivity contribution < 1.29 is 19.1 Å². The molecule has 0 aromatic heterocycles. The zero-order valence-corrected chi connectivity index (χ0v) is 15.8. The fraction of sp³-hybridized carbons (Fsp3) is 0.619. The molecule has 0 N–H and O–H groups in total. The van der Waals surface area contributed by atoms with Crippen LogP contribution in [-0.2, 0) is 19.7 Å². The van der Waals surface area contributed by atoms with Crippen molar-refractivity contribution in [3.63, 3.8) is 0 Å². The summed E-state index contributed by atoms with van der Waals surface area (Å²) in [6.45, 7) is 8.78. The van der Waals surface area contributed by atoms with E-state index in [4.69, 9.17) is 9.47 Å². The fourth-order valence-electron chi connectivity index (χ4n) is 4.31. The average Bonchev–Trinajstić information content (AvgIpc) is 2.59. The molecular formula is C21H28O4. The van der Waals surface area contributed by atoms with E-state index in [2.05, 4.69) is 20.8 Å². The molecule has 25 heavy (non-hydrogen) atoms. The third-order valence-electron chi connectivity index (χ3n) is 6.26. The molecule has 0 amide bonds. The lowest BCUT2D eigenvalue weighted by atomic mass is 9.61. The number of carbonyl (C=O) groups excluding carboxylic acids is 2. The molecule has 1 fully saturated rings. The van der Waals surface area contributed by atoms with E-state index in [1.54, 1.807) is 0 Å². The van der Waals surface area contributed by atoms with Crippen LogP contribution in [0.25, 0.3) is 0 Å². The highest BCUT2D eigenvalue weighted by atomic mass is 16.7. The Labute approximate surface area is 149 Å². The standard InChI is InChI=1S/C21H28O4/c1-13-16-15(21(4)10-8-20(2,3)9-11-21)7-6-14(12-22)17(16)19(24-5)25-18(13)23/h6-7,12-13,19H,8-11H2,1-5H3/t13-,19+/m1/s1. The van der Waals surface area contributed by atoms with Gasteiger partial charge in [0.05, 0.1) is 5.92 Å². The predicted octanol–water partition coefficient (Wildman–Crippen LogP) is 4.66. The van der Waals surface area contributed by atoms with E-state index in [9.17, 15) is 9.59 Å². The van der Waals surface area contributed by atoms with Gasteiger partial charge in [0.1, 0.15) is 0 Å². The van der Waals surface area contributed by atoms with Gasteiger partial charge in [0.25, 0.3) is 0 Å². The maximum Gasteiger partial charge on any atom is 0.315 e. The van der Waals surface area contributed by atoms with Gasteiger partial charge < -0.3 is 9.47 Å². The molecule has 1 aromatic rings. The number of rotatable bonds is 3. The maximum atomic E-state index is 12.4. The van der Waals surface area contributed by atoms with Gasteiger partial charge in [-0.25, -0.2) is 0 Å². The van der Waals surface area contributed by atoms with Crippen molar-refractivity contribution in [1.82, 2.24) is 0 Å². The molecule has 3 rings (SSSR count). The summed E-state index contributed by atoms with van der Waals surface area (Å²) in [6, 6.07) is 3.90. The monoisotopic (exact) mass is 344 g/mol. The third-order valence-corrected chi connectivity index (χ3v) is 6.26. The van der Waals surface area contributed by atoms with Gasteiger partial charge in [0.2, 0.25) is 6.29 Å². The smallest absolute Gasteiger partial charge is 0.315 e. The molecule has 4 heteroatoms. The summed E-state index contributed by atoms with van der Waals surface area (Å²) in [4.78, 5) is 24.0. The second kappa shape index (κ2) is 6.24. The van der Waals surface area contributed by atoms with Crippen molar-refractivity contribution in [2.24, 2.45) is 5.41 Å². The van der Waals surface area contributed by atoms with E-state index >= 15 is 0 Å². The van der Waals surface area contributed by atoms with E-state index < -0.39 is 6.29 Å². The highest BCUT2D eigenvalue weighted by Crippen LogP contribution is 2.50. The van der Waals surface area contributed by atoms with E-state index in [1.807, 2.05) is 19.1 Å². The zero-order valence-electron chi connectivity index (χ0n) is 15.8. The molecule has 1 aliphatic heterocycles. The van der Waals surface area contributed by atoms with Gasteiger partial charge in [-0.05, 0) is 54.6 Å². The summed E-state index contributed by atoms with van der Waals surface area (Å²) < 4.78 is 10.8. The number of esters is 1. The van der Waals surface area contributed by atoms with Crippen molar-refractivity contribution in [3.05, 3.63) is 34.4 Å². The molecule has 2 atom stereocenters. The van der Waals surface area contributed by atoms with Crippen LogP contribution in [0, 0.1) is 5.41 Å². The molecular weight excluding hydrogens is 316 g/mol. The van der Waals surface area contributed by atoms with E-state index in [-0.39, 0.29) is 17.3 Å². The molecule has 0 spiro atoms. The van der Waals surface area contributed by atoms with Crippen LogP contribution in [0.1, 0.15) is 92.6 Å². The van der Waals surface area contributed by atoms with E-state index in [0.717, 1.165) is 43.1 Å². The van der Waals surface area contributed by atoms with Gasteiger partial charge in [-0.15, -0.1) is 0 Å². The summed E-state index contributed by atoms with van der Waals surface area (Å²) in [7, 11) is 1.50. The summed E-state index contributed by atoms with van der Waals surface area (Å²) in [5, 5.41) is 0. The molecule has 1 saturated carbocycles. The highest BCUT2D eigenvalue weighted by molar-refractivity contribution is 5.86. The lowest BCUT2D eigenvalue weighted by Crippen LogP contribution is -2.36. The number of hydrogen-bond donors (Lipinski definition) is 0. The Kier molecular flexibility index (Phi) is 4.52. The van der Waals surface area contributed by atoms with E-state index in [0.29, 0.717) is 11.0 Å². The number of methoxy groups -OCH3 is 1. The topological polar surface area (TPSA) is 52.6 Å². The minimum atomic E-state index is -0.803. The Morgan fingerprint density at radius 2 is 1.76 bits per heavy atom. The lowest BCUT2D eigenvalue weighted by Gasteiger charge is -2.44. The van der Waals surface area contributed by atoms with Gasteiger partial charge in [0, 0.05) is 18.2 Å². The van der Waals surface area contributed by atoms with Crippen molar-refractivity contribution in [1.29, 1.82) is 0 Å². The molecule has 1 aromatic carbocycles. The first-order valence-electron chi connectivity index (χ1n) is 9.08. The average molecular weight is 344 g/mol. The summed E-state index contributed by atoms with van der Waals surface area (Å²) >= 11 is 0. The zero-order chi connectivity index (χ0) is 18.4. The number of cyclic esters (lactones) is 1. The van der Waals surface area contributed by atoms with Crippen LogP contribution in [0.5, 0.6) is 0 Å². The van der Waals surface area contributed by atoms with Crippen LogP contribution in [0.3, 0.4) is 0 Å². The molecule has 0 unspecified atom stereocenters. The molecule has 0 radical (unpaired) electrons. The van der Waals surface area contributed by atoms with Crippen LogP contribution in [0.15, 0.2) is 12.1 Å². The predicted molar refractivity (Wildman–Crippen MR) is 95.7 cm³/mol. The number of hydrogen-bond acceptors (Lipinski definition) is 4. The highest BCUT2D eigenvalue weighted by Gasteiger charge is 2.43. The number of carbonyl (C=O) groups is 2. The van der Waals surface area contributed by atoms with Crippen molar-refractivity contribution in [2.45, 2.75) is 71.0 Å². The summed E-state index contributed by atoms with van der Waals surface area (Å²) in [6.07, 6.45) is 4.48. The summed E-state index contributed by atoms with van der Waals surface area (Å²) in [5.74, 6) is -0.675. The van der Waals surface area contributed by atoms with Crippen LogP contribution < -0.4 is 0 Å². The molecule has 4 nitrogen and oxygen atoms in total. The van der Waals surface area contributed by atoms with Crippen LogP contribution in [-0.4, -0.2) is 19.4 Å². The number of fused-ring (bicyclic) bond motifs is 1. The van der Waals surface area contributed by atoms with Crippen molar-refractivity contribution >= 4 is 12.3 Å². The first-order valence-corrected chi connectivity index (χ1v) is 9.08. The maximum absolute atomic E-state index is 12.4. The van der Waals surface area contributed by atoms with Gasteiger partial charge in [-0.2, -0.15) is 0 Å². The van der Waals surface area contributed by atoms with Gasteiger partial charge in [-0.1, -0.05) is 32.9 Å². The van der Waals surface area contributed by atoms with Crippen LogP contribution >= 0.6 is 0 Å². The number of aldehydes is 1. The Balaban J connectivity index is 2.16. The normalized spacial score (nSPS) is 27.3. The minimum absolute atomic E-state index is 0.00515. The number of benzene rings is 1. The van der Waals surface area contributed by atoms with Gasteiger partial charge in [0.15, 0.2) is 6.29 Å². The van der Waals surface area contributed by atoms with Crippen molar-refractivity contribution in [2.75, 3.05) is 7.11 Å². The Morgan fingerprint density at radius 1 is 1.12 bits per heavy atom. The van der Waals surface area contributed by atoms with Crippen molar-refractivity contribution in [3.8, 4) is 0 Å². The van der Waals surface area contributed by atoms with Crippen LogP contribution in [0.4, 0.5) is 0 Å². The molecule has 2 aliphatic rings. The first kappa shape index (κ1) is 18.1. The lowest BCUT2D eigenvalue weighted by molar-refractivity contribution is -0.180. The first-order chi connectivity index (χ1) is 11.7. The Bertz CT molecular complexity index is 694. The van der Waals surface area contributed by atoms with Gasteiger partial charge in [-0.3, -0.25) is 9.59 Å². The molecule has 1 aliphatic carbocycles. The fourth-order valence-corrected chi connectivity index (χ4v) is 4.31. The largest absolute Gasteiger partial charge is 0.431 e. The molecule has 1 heterocycles.